The first-order valence-corrected chi connectivity index (χ1v) is 8.25. The van der Waals surface area contributed by atoms with Gasteiger partial charge in [-0.1, -0.05) is 38.1 Å². The maximum atomic E-state index is 12.3. The number of carbonyl (C=O) groups is 1. The van der Waals surface area contributed by atoms with E-state index in [4.69, 9.17) is 4.74 Å². The van der Waals surface area contributed by atoms with Gasteiger partial charge < -0.3 is 10.1 Å². The fourth-order valence-electron chi connectivity index (χ4n) is 2.49. The number of methoxy groups -OCH3 is 1. The Morgan fingerprint density at radius 1 is 1.12 bits per heavy atom. The maximum Gasteiger partial charge on any atom is 0.253 e. The molecule has 1 aromatic carbocycles. The molecular weight excluding hydrogens is 302 g/mol. The number of amides is 1. The third-order valence-corrected chi connectivity index (χ3v) is 4.05. The normalized spacial score (nSPS) is 10.7. The first kappa shape index (κ1) is 17.9. The highest BCUT2D eigenvalue weighted by molar-refractivity contribution is 5.93. The van der Waals surface area contributed by atoms with Gasteiger partial charge in [-0.15, -0.1) is 0 Å². The smallest absolute Gasteiger partial charge is 0.253 e. The first-order valence-electron chi connectivity index (χ1n) is 8.25. The van der Waals surface area contributed by atoms with Crippen LogP contribution in [0.2, 0.25) is 0 Å². The van der Waals surface area contributed by atoms with E-state index in [1.807, 2.05) is 12.1 Å². The van der Waals surface area contributed by atoms with E-state index in [0.717, 1.165) is 25.2 Å². The molecule has 0 aliphatic heterocycles. The Kier molecular flexibility index (Phi) is 6.75. The van der Waals surface area contributed by atoms with Gasteiger partial charge >= 0.3 is 0 Å². The molecule has 2 aromatic rings. The summed E-state index contributed by atoms with van der Waals surface area (Å²) >= 11 is 0. The van der Waals surface area contributed by atoms with Gasteiger partial charge in [0.25, 0.3) is 5.91 Å². The van der Waals surface area contributed by atoms with Gasteiger partial charge in [-0.2, -0.15) is 0 Å². The zero-order valence-electron chi connectivity index (χ0n) is 14.6. The zero-order valence-corrected chi connectivity index (χ0v) is 14.6. The lowest BCUT2D eigenvalue weighted by molar-refractivity contribution is 0.0950. The van der Waals surface area contributed by atoms with Crippen LogP contribution in [0.1, 0.15) is 35.3 Å². The molecule has 24 heavy (non-hydrogen) atoms. The molecule has 0 unspecified atom stereocenters. The molecule has 0 aliphatic carbocycles. The van der Waals surface area contributed by atoms with Crippen molar-refractivity contribution in [3.05, 3.63) is 59.3 Å². The fourth-order valence-corrected chi connectivity index (χ4v) is 2.49. The summed E-state index contributed by atoms with van der Waals surface area (Å²) in [5, 5.41) is 2.96. The van der Waals surface area contributed by atoms with Gasteiger partial charge in [0.1, 0.15) is 0 Å². The Morgan fingerprint density at radius 3 is 2.42 bits per heavy atom. The molecule has 0 fully saturated rings. The van der Waals surface area contributed by atoms with E-state index in [1.165, 1.54) is 11.8 Å². The summed E-state index contributed by atoms with van der Waals surface area (Å²) in [6, 6.07) is 11.6. The van der Waals surface area contributed by atoms with Crippen LogP contribution in [-0.4, -0.2) is 36.0 Å². The summed E-state index contributed by atoms with van der Waals surface area (Å²) in [5.41, 5.74) is 2.91. The van der Waals surface area contributed by atoms with E-state index < -0.39 is 0 Å². The molecule has 1 aromatic heterocycles. The molecule has 2 rings (SSSR count). The van der Waals surface area contributed by atoms with Gasteiger partial charge in [-0.25, -0.2) is 4.98 Å². The second kappa shape index (κ2) is 9.03. The van der Waals surface area contributed by atoms with Crippen molar-refractivity contribution in [3.8, 4) is 5.88 Å². The lowest BCUT2D eigenvalue weighted by Crippen LogP contribution is -2.26. The predicted octanol–water partition coefficient (Wildman–Crippen LogP) is 2.86. The van der Waals surface area contributed by atoms with Crippen molar-refractivity contribution in [3.63, 3.8) is 0 Å². The molecule has 5 heteroatoms. The summed E-state index contributed by atoms with van der Waals surface area (Å²) < 4.78 is 5.00. The van der Waals surface area contributed by atoms with Crippen LogP contribution < -0.4 is 10.1 Å². The van der Waals surface area contributed by atoms with Gasteiger partial charge in [0.2, 0.25) is 5.88 Å². The average molecular weight is 327 g/mol. The standard InChI is InChI=1S/C19H25N3O2/c1-4-22(5-2)14-17-9-7-6-8-15(17)12-21-19(23)16-10-11-18(24-3)20-13-16/h6-11,13H,4-5,12,14H2,1-3H3,(H,21,23). The van der Waals surface area contributed by atoms with Gasteiger partial charge in [0.05, 0.1) is 12.7 Å². The SMILES string of the molecule is CCN(CC)Cc1ccccc1CNC(=O)c1ccc(OC)nc1. The van der Waals surface area contributed by atoms with E-state index in [0.29, 0.717) is 18.0 Å². The molecule has 0 bridgehead atoms. The van der Waals surface area contributed by atoms with Gasteiger partial charge in [-0.05, 0) is 30.3 Å². The van der Waals surface area contributed by atoms with Crippen LogP contribution in [-0.2, 0) is 13.1 Å². The monoisotopic (exact) mass is 327 g/mol. The van der Waals surface area contributed by atoms with Gasteiger partial charge in [0.15, 0.2) is 0 Å². The number of hydrogen-bond donors (Lipinski definition) is 1. The van der Waals surface area contributed by atoms with Gasteiger partial charge in [-0.3, -0.25) is 9.69 Å². The quantitative estimate of drug-likeness (QED) is 0.810. The molecule has 0 radical (unpaired) electrons. The molecule has 0 saturated heterocycles. The fraction of sp³-hybridized carbons (Fsp3) is 0.368. The van der Waals surface area contributed by atoms with Crippen LogP contribution in [0, 0.1) is 0 Å². The van der Waals surface area contributed by atoms with Crippen LogP contribution >= 0.6 is 0 Å². The Balaban J connectivity index is 2.01. The number of nitrogens with zero attached hydrogens (tertiary/aromatic N) is 2. The lowest BCUT2D eigenvalue weighted by atomic mass is 10.1. The Hall–Kier alpha value is -2.40. The minimum absolute atomic E-state index is 0.136. The van der Waals surface area contributed by atoms with E-state index in [1.54, 1.807) is 19.2 Å². The molecular formula is C19H25N3O2. The Bertz CT molecular complexity index is 652. The number of aromatic nitrogens is 1. The molecule has 0 atom stereocenters. The van der Waals surface area contributed by atoms with Crippen LogP contribution in [0.25, 0.3) is 0 Å². The third kappa shape index (κ3) is 4.80. The lowest BCUT2D eigenvalue weighted by Gasteiger charge is -2.20. The largest absolute Gasteiger partial charge is 0.481 e. The topological polar surface area (TPSA) is 54.5 Å². The number of hydrogen-bond acceptors (Lipinski definition) is 4. The molecule has 0 saturated carbocycles. The molecule has 128 valence electrons. The van der Waals surface area contributed by atoms with E-state index >= 15 is 0 Å². The minimum Gasteiger partial charge on any atom is -0.481 e. The molecule has 1 amide bonds. The highest BCUT2D eigenvalue weighted by Gasteiger charge is 2.09. The maximum absolute atomic E-state index is 12.3. The van der Waals surface area contributed by atoms with Crippen molar-refractivity contribution in [2.24, 2.45) is 0 Å². The van der Waals surface area contributed by atoms with Crippen molar-refractivity contribution in [2.75, 3.05) is 20.2 Å². The van der Waals surface area contributed by atoms with Crippen molar-refractivity contribution < 1.29 is 9.53 Å². The first-order chi connectivity index (χ1) is 11.7. The van der Waals surface area contributed by atoms with Crippen LogP contribution in [0.15, 0.2) is 42.6 Å². The minimum atomic E-state index is -0.136. The number of pyridine rings is 1. The number of ether oxygens (including phenoxy) is 1. The van der Waals surface area contributed by atoms with Crippen LogP contribution in [0.4, 0.5) is 0 Å². The number of nitrogens with one attached hydrogen (secondary N) is 1. The van der Waals surface area contributed by atoms with Crippen molar-refractivity contribution in [2.45, 2.75) is 26.9 Å². The van der Waals surface area contributed by atoms with Crippen LogP contribution in [0.3, 0.4) is 0 Å². The molecule has 1 N–H and O–H groups in total. The second-order valence-electron chi connectivity index (χ2n) is 5.50. The highest BCUT2D eigenvalue weighted by Crippen LogP contribution is 2.12. The third-order valence-electron chi connectivity index (χ3n) is 4.05. The molecule has 0 spiro atoms. The van der Waals surface area contributed by atoms with Crippen molar-refractivity contribution >= 4 is 5.91 Å². The zero-order chi connectivity index (χ0) is 17.4. The number of benzene rings is 1. The summed E-state index contributed by atoms with van der Waals surface area (Å²) in [5.74, 6) is 0.360. The van der Waals surface area contributed by atoms with E-state index in [-0.39, 0.29) is 5.91 Å². The van der Waals surface area contributed by atoms with Crippen molar-refractivity contribution in [1.82, 2.24) is 15.2 Å². The molecule has 0 aliphatic rings. The van der Waals surface area contributed by atoms with Crippen molar-refractivity contribution in [1.29, 1.82) is 0 Å². The average Bonchev–Trinajstić information content (AvgIpc) is 2.65. The second-order valence-corrected chi connectivity index (χ2v) is 5.50. The Labute approximate surface area is 143 Å². The number of carbonyl (C=O) groups excluding carboxylic acids is 1. The summed E-state index contributed by atoms with van der Waals surface area (Å²) in [6.45, 7) is 7.73. The van der Waals surface area contributed by atoms with Gasteiger partial charge in [0, 0.05) is 25.4 Å². The van der Waals surface area contributed by atoms with Crippen LogP contribution in [0.5, 0.6) is 5.88 Å². The summed E-state index contributed by atoms with van der Waals surface area (Å²) in [6.07, 6.45) is 1.52. The van der Waals surface area contributed by atoms with E-state index in [2.05, 4.69) is 41.2 Å². The number of rotatable bonds is 8. The molecule has 1 heterocycles. The predicted molar refractivity (Wildman–Crippen MR) is 95.0 cm³/mol. The van der Waals surface area contributed by atoms with E-state index in [9.17, 15) is 4.79 Å². The highest BCUT2D eigenvalue weighted by atomic mass is 16.5. The molecule has 5 nitrogen and oxygen atoms in total. The summed E-state index contributed by atoms with van der Waals surface area (Å²) in [4.78, 5) is 18.7. The summed E-state index contributed by atoms with van der Waals surface area (Å²) in [7, 11) is 1.55. The Morgan fingerprint density at radius 2 is 1.83 bits per heavy atom.